The minimum Gasteiger partial charge on any atom is -0.391 e. The molecule has 4 amide bonds. The first-order chi connectivity index (χ1) is 22.1. The van der Waals surface area contributed by atoms with E-state index in [4.69, 9.17) is 0 Å². The van der Waals surface area contributed by atoms with Gasteiger partial charge in [-0.2, -0.15) is 5.10 Å². The summed E-state index contributed by atoms with van der Waals surface area (Å²) >= 11 is 0. The zero-order chi connectivity index (χ0) is 32.8. The number of amides is 4. The molecule has 2 aromatic carbocycles. The lowest BCUT2D eigenvalue weighted by molar-refractivity contribution is -0.126. The van der Waals surface area contributed by atoms with Crippen molar-refractivity contribution in [1.82, 2.24) is 35.6 Å². The monoisotopic (exact) mass is 625 g/mol. The summed E-state index contributed by atoms with van der Waals surface area (Å²) in [4.78, 5) is 59.5. The third-order valence-corrected chi connectivity index (χ3v) is 8.00. The molecule has 4 aromatic rings. The molecule has 0 spiro atoms. The molecule has 46 heavy (non-hydrogen) atoms. The number of aliphatic hydroxyl groups excluding tert-OH is 1. The van der Waals surface area contributed by atoms with Crippen LogP contribution in [0.3, 0.4) is 0 Å². The number of hydrogen-bond acceptors (Lipinski definition) is 7. The zero-order valence-corrected chi connectivity index (χ0v) is 26.2. The van der Waals surface area contributed by atoms with Crippen LogP contribution in [-0.2, 0) is 22.6 Å². The lowest BCUT2D eigenvalue weighted by Crippen LogP contribution is -2.56. The van der Waals surface area contributed by atoms with E-state index in [0.717, 1.165) is 16.7 Å². The first-order valence-corrected chi connectivity index (χ1v) is 15.4. The van der Waals surface area contributed by atoms with Gasteiger partial charge in [0.15, 0.2) is 11.3 Å². The molecule has 0 fully saturated rings. The first-order valence-electron chi connectivity index (χ1n) is 15.4. The Morgan fingerprint density at radius 3 is 2.61 bits per heavy atom. The number of aliphatic hydroxyl groups is 1. The Balaban J connectivity index is 1.44. The number of hydrogen-bond donors (Lipinski definition) is 4. The number of carbonyl (C=O) groups excluding carboxylic acids is 4. The number of benzene rings is 2. The van der Waals surface area contributed by atoms with Crippen molar-refractivity contribution in [3.63, 3.8) is 0 Å². The summed E-state index contributed by atoms with van der Waals surface area (Å²) in [5.41, 5.74) is 3.94. The highest BCUT2D eigenvalue weighted by atomic mass is 16.3. The van der Waals surface area contributed by atoms with Gasteiger partial charge in [-0.05, 0) is 74.6 Å². The molecular weight excluding hydrogens is 586 g/mol. The molecule has 0 radical (unpaired) electrons. The summed E-state index contributed by atoms with van der Waals surface area (Å²) < 4.78 is 1.66. The van der Waals surface area contributed by atoms with Crippen LogP contribution in [0.25, 0.3) is 11.0 Å². The van der Waals surface area contributed by atoms with Crippen LogP contribution in [0.1, 0.15) is 57.8 Å². The van der Waals surface area contributed by atoms with Gasteiger partial charge in [0.1, 0.15) is 6.04 Å². The summed E-state index contributed by atoms with van der Waals surface area (Å²) in [6.07, 6.45) is 1.65. The van der Waals surface area contributed by atoms with Crippen LogP contribution >= 0.6 is 0 Å². The van der Waals surface area contributed by atoms with Crippen molar-refractivity contribution < 1.29 is 24.3 Å². The highest BCUT2D eigenvalue weighted by Gasteiger charge is 2.30. The van der Waals surface area contributed by atoms with Crippen LogP contribution in [0.5, 0.6) is 0 Å². The number of rotatable bonds is 4. The topological polar surface area (TPSA) is 159 Å². The van der Waals surface area contributed by atoms with Crippen LogP contribution in [0.4, 0.5) is 0 Å². The van der Waals surface area contributed by atoms with Crippen molar-refractivity contribution in [3.8, 4) is 0 Å². The van der Waals surface area contributed by atoms with Gasteiger partial charge in [-0.25, -0.2) is 9.67 Å². The Bertz CT molecular complexity index is 1740. The highest BCUT2D eigenvalue weighted by molar-refractivity contribution is 6.05. The molecule has 3 heterocycles. The Kier molecular flexibility index (Phi) is 10.1. The third kappa shape index (κ3) is 7.57. The van der Waals surface area contributed by atoms with Gasteiger partial charge < -0.3 is 26.0 Å². The number of nitrogens with zero attached hydrogens (tertiary/aromatic N) is 4. The molecule has 2 bridgehead atoms. The Hall–Kier alpha value is -5.10. The van der Waals surface area contributed by atoms with Gasteiger partial charge in [0.25, 0.3) is 11.8 Å². The van der Waals surface area contributed by atoms with Gasteiger partial charge in [0, 0.05) is 30.9 Å². The molecule has 1 aliphatic rings. The Morgan fingerprint density at radius 1 is 1.07 bits per heavy atom. The molecule has 0 aliphatic carbocycles. The molecule has 0 saturated carbocycles. The largest absolute Gasteiger partial charge is 0.391 e. The molecule has 2 aromatic heterocycles. The van der Waals surface area contributed by atoms with Crippen LogP contribution in [0, 0.1) is 6.92 Å². The smallest absolute Gasteiger partial charge is 0.275 e. The van der Waals surface area contributed by atoms with Crippen molar-refractivity contribution >= 4 is 34.7 Å². The van der Waals surface area contributed by atoms with Gasteiger partial charge >= 0.3 is 0 Å². The molecule has 0 unspecified atom stereocenters. The van der Waals surface area contributed by atoms with E-state index in [1.807, 2.05) is 43.3 Å². The minimum absolute atomic E-state index is 0.0360. The van der Waals surface area contributed by atoms with Crippen LogP contribution in [0.15, 0.2) is 66.9 Å². The molecule has 240 valence electrons. The number of aromatic nitrogens is 3. The highest BCUT2D eigenvalue weighted by Crippen LogP contribution is 2.20. The van der Waals surface area contributed by atoms with Gasteiger partial charge in [-0.3, -0.25) is 19.2 Å². The van der Waals surface area contributed by atoms with E-state index in [1.165, 1.54) is 11.8 Å². The second-order valence-electron chi connectivity index (χ2n) is 11.7. The number of pyridine rings is 1. The summed E-state index contributed by atoms with van der Waals surface area (Å²) in [6.45, 7) is 5.50. The molecule has 1 aliphatic heterocycles. The number of fused-ring (bicyclic) bond motifs is 3. The van der Waals surface area contributed by atoms with E-state index >= 15 is 0 Å². The summed E-state index contributed by atoms with van der Waals surface area (Å²) in [7, 11) is 0. The SMILES string of the molecule is Cc1ccc2cc1CCCNC(=O)CN(C(=O)c1nn(Cc3ccccc3)c3ncccc13)C[C@@H](C)NC(=O)[C@H]([C@@H](C)O)NC2=O. The summed E-state index contributed by atoms with van der Waals surface area (Å²) in [5, 5.41) is 23.9. The lowest BCUT2D eigenvalue weighted by Gasteiger charge is -2.27. The van der Waals surface area contributed by atoms with E-state index in [9.17, 15) is 24.3 Å². The second-order valence-corrected chi connectivity index (χ2v) is 11.7. The van der Waals surface area contributed by atoms with Crippen molar-refractivity contribution in [2.45, 2.75) is 58.3 Å². The predicted octanol–water partition coefficient (Wildman–Crippen LogP) is 1.98. The van der Waals surface area contributed by atoms with Crippen LogP contribution < -0.4 is 16.0 Å². The average molecular weight is 626 g/mol. The molecule has 4 N–H and O–H groups in total. The van der Waals surface area contributed by atoms with Crippen molar-refractivity contribution in [3.05, 3.63) is 94.8 Å². The van der Waals surface area contributed by atoms with Gasteiger partial charge in [-0.1, -0.05) is 36.4 Å². The molecule has 0 saturated heterocycles. The van der Waals surface area contributed by atoms with Crippen LogP contribution in [0.2, 0.25) is 0 Å². The van der Waals surface area contributed by atoms with Gasteiger partial charge in [0.05, 0.1) is 24.6 Å². The quantitative estimate of drug-likeness (QED) is 0.270. The Labute approximate surface area is 267 Å². The third-order valence-electron chi connectivity index (χ3n) is 8.00. The molecular formula is C34H39N7O5. The molecule has 5 rings (SSSR count). The number of carbonyl (C=O) groups is 4. The van der Waals surface area contributed by atoms with E-state index in [-0.39, 0.29) is 24.7 Å². The average Bonchev–Trinajstić information content (AvgIpc) is 3.39. The second kappa shape index (κ2) is 14.3. The zero-order valence-electron chi connectivity index (χ0n) is 26.2. The normalized spacial score (nSPS) is 19.1. The maximum absolute atomic E-state index is 14.1. The molecule has 12 nitrogen and oxygen atoms in total. The van der Waals surface area contributed by atoms with E-state index < -0.39 is 35.9 Å². The number of nitrogens with one attached hydrogen (secondary N) is 3. The Morgan fingerprint density at radius 2 is 1.85 bits per heavy atom. The van der Waals surface area contributed by atoms with Gasteiger partial charge in [-0.15, -0.1) is 0 Å². The predicted molar refractivity (Wildman–Crippen MR) is 172 cm³/mol. The summed E-state index contributed by atoms with van der Waals surface area (Å²) in [5.74, 6) is -1.96. The number of aryl methyl sites for hydroxylation is 2. The van der Waals surface area contributed by atoms with E-state index in [0.29, 0.717) is 42.5 Å². The lowest BCUT2D eigenvalue weighted by atomic mass is 10.00. The fourth-order valence-corrected chi connectivity index (χ4v) is 5.56. The molecule has 12 heteroatoms. The van der Waals surface area contributed by atoms with E-state index in [2.05, 4.69) is 26.0 Å². The fourth-order valence-electron chi connectivity index (χ4n) is 5.56. The maximum Gasteiger partial charge on any atom is 0.275 e. The van der Waals surface area contributed by atoms with Crippen molar-refractivity contribution in [1.29, 1.82) is 0 Å². The van der Waals surface area contributed by atoms with Crippen LogP contribution in [-0.4, -0.2) is 86.2 Å². The first kappa shape index (κ1) is 32.3. The van der Waals surface area contributed by atoms with Crippen molar-refractivity contribution in [2.24, 2.45) is 0 Å². The van der Waals surface area contributed by atoms with Crippen molar-refractivity contribution in [2.75, 3.05) is 19.6 Å². The maximum atomic E-state index is 14.1. The molecule has 3 atom stereocenters. The summed E-state index contributed by atoms with van der Waals surface area (Å²) in [6, 6.07) is 16.6. The minimum atomic E-state index is -1.24. The standard InChI is InChI=1S/C34H39N7O5/c1-21-13-14-26-17-25(21)11-7-15-35-28(43)20-40(18-22(2)37-33(45)29(23(3)42)38-32(26)44)34(46)30-27-12-8-16-36-31(27)41(39-30)19-24-9-5-4-6-10-24/h4-6,8-10,12-14,16-17,22-23,29,42H,7,11,15,18-20H2,1-3H3,(H,35,43)(H,37,45)(H,38,44)/t22-,23-,29+/m1/s1. The fraction of sp³-hybridized carbons (Fsp3) is 0.353. The van der Waals surface area contributed by atoms with Gasteiger partial charge in [0.2, 0.25) is 11.8 Å². The van der Waals surface area contributed by atoms with E-state index in [1.54, 1.807) is 42.1 Å².